The number of alkyl halides is 3. The third kappa shape index (κ3) is 6.13. The van der Waals surface area contributed by atoms with E-state index in [9.17, 15) is 13.2 Å². The number of hydrogen-bond donors (Lipinski definition) is 1. The maximum Gasteiger partial charge on any atom is 0.391 e. The largest absolute Gasteiger partial charge is 0.391 e. The van der Waals surface area contributed by atoms with Crippen molar-refractivity contribution < 1.29 is 13.2 Å². The summed E-state index contributed by atoms with van der Waals surface area (Å²) >= 11 is 0. The van der Waals surface area contributed by atoms with Gasteiger partial charge >= 0.3 is 6.18 Å². The van der Waals surface area contributed by atoms with Crippen LogP contribution in [0.5, 0.6) is 0 Å². The predicted octanol–water partition coefficient (Wildman–Crippen LogP) is 3.28. The van der Waals surface area contributed by atoms with E-state index in [1.165, 1.54) is 0 Å². The molecule has 19 heavy (non-hydrogen) atoms. The van der Waals surface area contributed by atoms with Gasteiger partial charge in [0.2, 0.25) is 0 Å². The third-order valence-corrected chi connectivity index (χ3v) is 3.95. The first-order valence-electron chi connectivity index (χ1n) is 7.32. The molecule has 1 unspecified atom stereocenters. The van der Waals surface area contributed by atoms with Gasteiger partial charge in [-0.1, -0.05) is 13.8 Å². The number of hydrogen-bond acceptors (Lipinski definition) is 2. The van der Waals surface area contributed by atoms with E-state index in [2.05, 4.69) is 31.0 Å². The van der Waals surface area contributed by atoms with Gasteiger partial charge in [-0.25, -0.2) is 0 Å². The van der Waals surface area contributed by atoms with Gasteiger partial charge in [-0.2, -0.15) is 13.2 Å². The maximum absolute atomic E-state index is 12.6. The van der Waals surface area contributed by atoms with Gasteiger partial charge in [-0.15, -0.1) is 0 Å². The highest BCUT2D eigenvalue weighted by Gasteiger charge is 2.41. The van der Waals surface area contributed by atoms with Crippen LogP contribution < -0.4 is 5.32 Å². The van der Waals surface area contributed by atoms with E-state index in [1.807, 2.05) is 0 Å². The van der Waals surface area contributed by atoms with Crippen molar-refractivity contribution in [1.29, 1.82) is 0 Å². The lowest BCUT2D eigenvalue weighted by molar-refractivity contribution is -0.185. The lowest BCUT2D eigenvalue weighted by Gasteiger charge is -2.36. The zero-order valence-corrected chi connectivity index (χ0v) is 12.3. The first-order chi connectivity index (χ1) is 8.80. The topological polar surface area (TPSA) is 15.3 Å². The Morgan fingerprint density at radius 3 is 2.21 bits per heavy atom. The Morgan fingerprint density at radius 2 is 1.74 bits per heavy atom. The Bertz CT molecular complexity index is 246. The van der Waals surface area contributed by atoms with Crippen molar-refractivity contribution in [3.05, 3.63) is 0 Å². The fourth-order valence-corrected chi connectivity index (χ4v) is 2.50. The molecular weight excluding hydrogens is 253 g/mol. The molecular formula is C14H27F3N2. The highest BCUT2D eigenvalue weighted by atomic mass is 19.4. The Kier molecular flexibility index (Phi) is 6.60. The molecule has 1 aliphatic heterocycles. The van der Waals surface area contributed by atoms with Crippen LogP contribution in [0.3, 0.4) is 0 Å². The van der Waals surface area contributed by atoms with Crippen molar-refractivity contribution in [2.45, 2.75) is 52.3 Å². The maximum atomic E-state index is 12.6. The van der Waals surface area contributed by atoms with Crippen molar-refractivity contribution in [2.75, 3.05) is 26.2 Å². The number of nitrogens with one attached hydrogen (secondary N) is 1. The molecule has 0 aromatic carbocycles. The van der Waals surface area contributed by atoms with E-state index in [1.54, 1.807) is 0 Å². The smallest absolute Gasteiger partial charge is 0.315 e. The summed E-state index contributed by atoms with van der Waals surface area (Å²) in [5.41, 5.74) is 0. The molecule has 1 atom stereocenters. The molecule has 0 amide bonds. The number of nitrogens with zero attached hydrogens (tertiary/aromatic N) is 1. The Hall–Kier alpha value is -0.290. The Balaban J connectivity index is 2.20. The van der Waals surface area contributed by atoms with E-state index < -0.39 is 12.1 Å². The number of halogens is 3. The molecule has 5 heteroatoms. The molecule has 1 fully saturated rings. The van der Waals surface area contributed by atoms with Gasteiger partial charge in [-0.3, -0.25) is 4.90 Å². The summed E-state index contributed by atoms with van der Waals surface area (Å²) in [6.45, 7) is 9.45. The molecule has 1 heterocycles. The zero-order valence-electron chi connectivity index (χ0n) is 12.3. The van der Waals surface area contributed by atoms with Crippen molar-refractivity contribution in [3.63, 3.8) is 0 Å². The molecule has 0 spiro atoms. The van der Waals surface area contributed by atoms with Crippen molar-refractivity contribution in [3.8, 4) is 0 Å². The quantitative estimate of drug-likeness (QED) is 0.751. The van der Waals surface area contributed by atoms with Crippen LogP contribution in [0, 0.1) is 11.8 Å². The van der Waals surface area contributed by atoms with Gasteiger partial charge in [0, 0.05) is 12.6 Å². The van der Waals surface area contributed by atoms with Crippen LogP contribution in [0.2, 0.25) is 0 Å². The molecule has 0 aromatic heterocycles. The molecule has 1 saturated heterocycles. The van der Waals surface area contributed by atoms with Gasteiger partial charge < -0.3 is 5.32 Å². The molecule has 1 rings (SSSR count). The average molecular weight is 280 g/mol. The van der Waals surface area contributed by atoms with Crippen LogP contribution in [0.25, 0.3) is 0 Å². The van der Waals surface area contributed by atoms with Gasteiger partial charge in [0.1, 0.15) is 0 Å². The first-order valence-corrected chi connectivity index (χ1v) is 7.32. The molecule has 0 radical (unpaired) electrons. The third-order valence-electron chi connectivity index (χ3n) is 3.95. The Labute approximate surface area is 114 Å². The second kappa shape index (κ2) is 7.48. The van der Waals surface area contributed by atoms with Crippen LogP contribution in [-0.4, -0.2) is 43.3 Å². The molecule has 0 aromatic rings. The molecule has 0 aliphatic carbocycles. The fraction of sp³-hybridized carbons (Fsp3) is 1.00. The minimum Gasteiger partial charge on any atom is -0.315 e. The van der Waals surface area contributed by atoms with Gasteiger partial charge in [0.25, 0.3) is 0 Å². The minimum atomic E-state index is -4.01. The van der Waals surface area contributed by atoms with E-state index in [-0.39, 0.29) is 12.8 Å². The summed E-state index contributed by atoms with van der Waals surface area (Å²) in [6.07, 6.45) is -2.37. The Morgan fingerprint density at radius 1 is 1.16 bits per heavy atom. The van der Waals surface area contributed by atoms with Crippen LogP contribution in [0.1, 0.15) is 40.0 Å². The van der Waals surface area contributed by atoms with Gasteiger partial charge in [0.15, 0.2) is 0 Å². The number of piperidine rings is 1. The highest BCUT2D eigenvalue weighted by Crippen LogP contribution is 2.34. The van der Waals surface area contributed by atoms with Gasteiger partial charge in [-0.05, 0) is 51.7 Å². The molecule has 0 bridgehead atoms. The molecule has 1 aliphatic rings. The summed E-state index contributed by atoms with van der Waals surface area (Å²) in [6, 6.07) is 0.321. The van der Waals surface area contributed by atoms with Crippen LogP contribution in [0.4, 0.5) is 13.2 Å². The summed E-state index contributed by atoms with van der Waals surface area (Å²) in [5.74, 6) is -0.407. The molecule has 0 saturated carbocycles. The second-order valence-corrected chi connectivity index (χ2v) is 6.09. The predicted molar refractivity (Wildman–Crippen MR) is 72.1 cm³/mol. The summed E-state index contributed by atoms with van der Waals surface area (Å²) in [7, 11) is 0. The van der Waals surface area contributed by atoms with Crippen LogP contribution >= 0.6 is 0 Å². The highest BCUT2D eigenvalue weighted by molar-refractivity contribution is 4.80. The number of rotatable bonds is 6. The van der Waals surface area contributed by atoms with Crippen LogP contribution in [-0.2, 0) is 0 Å². The van der Waals surface area contributed by atoms with Crippen molar-refractivity contribution in [2.24, 2.45) is 11.8 Å². The van der Waals surface area contributed by atoms with E-state index in [0.29, 0.717) is 25.0 Å². The average Bonchev–Trinajstić information content (AvgIpc) is 2.33. The summed E-state index contributed by atoms with van der Waals surface area (Å²) < 4.78 is 37.7. The molecule has 1 N–H and O–H groups in total. The van der Waals surface area contributed by atoms with E-state index >= 15 is 0 Å². The van der Waals surface area contributed by atoms with Crippen molar-refractivity contribution >= 4 is 0 Å². The van der Waals surface area contributed by atoms with E-state index in [0.717, 1.165) is 19.5 Å². The number of likely N-dealkylation sites (tertiary alicyclic amines) is 1. The standard InChI is InChI=1S/C14H27F3N2/c1-11(2)4-7-18-10-12(3)19-8-5-13(6-9-19)14(15,16)17/h11-13,18H,4-10H2,1-3H3. The summed E-state index contributed by atoms with van der Waals surface area (Å²) in [5, 5.41) is 3.39. The molecule has 114 valence electrons. The lowest BCUT2D eigenvalue weighted by Crippen LogP contribution is -2.46. The lowest BCUT2D eigenvalue weighted by atomic mass is 9.95. The first kappa shape index (κ1) is 16.8. The monoisotopic (exact) mass is 280 g/mol. The second-order valence-electron chi connectivity index (χ2n) is 6.09. The van der Waals surface area contributed by atoms with Gasteiger partial charge in [0.05, 0.1) is 5.92 Å². The normalized spacial score (nSPS) is 21.0. The minimum absolute atomic E-state index is 0.250. The van der Waals surface area contributed by atoms with Crippen LogP contribution in [0.15, 0.2) is 0 Å². The molecule has 2 nitrogen and oxygen atoms in total. The zero-order chi connectivity index (χ0) is 14.5. The SMILES string of the molecule is CC(C)CCNCC(C)N1CCC(C(F)(F)F)CC1. The van der Waals surface area contributed by atoms with E-state index in [4.69, 9.17) is 0 Å². The fourth-order valence-electron chi connectivity index (χ4n) is 2.50. The van der Waals surface area contributed by atoms with Crippen molar-refractivity contribution in [1.82, 2.24) is 10.2 Å². The summed E-state index contributed by atoms with van der Waals surface area (Å²) in [4.78, 5) is 2.17.